The summed E-state index contributed by atoms with van der Waals surface area (Å²) in [5.74, 6) is -0.141. The number of nitrogens with one attached hydrogen (secondary N) is 1. The largest absolute Gasteiger partial charge is 0.298 e. The van der Waals surface area contributed by atoms with Crippen LogP contribution in [0.3, 0.4) is 0 Å². The van der Waals surface area contributed by atoms with Gasteiger partial charge in [-0.2, -0.15) is 0 Å². The zero-order valence-corrected chi connectivity index (χ0v) is 15.9. The van der Waals surface area contributed by atoms with Gasteiger partial charge in [-0.3, -0.25) is 10.1 Å². The first-order valence-electron chi connectivity index (χ1n) is 6.32. The average molecular weight is 461 g/mol. The number of carbonyl (C=O) groups is 1. The summed E-state index contributed by atoms with van der Waals surface area (Å²) in [4.78, 5) is 17.8. The number of thiazole rings is 1. The maximum absolute atomic E-state index is 12.4. The molecule has 112 valence electrons. The molecule has 2 aromatic heterocycles. The molecule has 0 aliphatic rings. The lowest BCUT2D eigenvalue weighted by Gasteiger charge is -2.06. The average Bonchev–Trinajstić information content (AvgIpc) is 3.10. The van der Waals surface area contributed by atoms with E-state index in [1.807, 2.05) is 42.6 Å². The van der Waals surface area contributed by atoms with Crippen molar-refractivity contribution in [3.05, 3.63) is 54.7 Å². The first-order valence-corrected chi connectivity index (χ1v) is 9.47. The number of benzene rings is 1. The fourth-order valence-electron chi connectivity index (χ4n) is 1.88. The van der Waals surface area contributed by atoms with Crippen LogP contribution in [0, 0.1) is 10.5 Å². The molecule has 0 radical (unpaired) electrons. The van der Waals surface area contributed by atoms with Gasteiger partial charge in [-0.1, -0.05) is 23.7 Å². The molecule has 0 unspecified atom stereocenters. The summed E-state index contributed by atoms with van der Waals surface area (Å²) in [6, 6.07) is 9.46. The van der Waals surface area contributed by atoms with Crippen molar-refractivity contribution in [2.45, 2.75) is 6.92 Å². The van der Waals surface area contributed by atoms with E-state index in [1.54, 1.807) is 0 Å². The van der Waals surface area contributed by atoms with Crippen LogP contribution in [0.25, 0.3) is 10.6 Å². The highest BCUT2D eigenvalue weighted by Crippen LogP contribution is 2.33. The van der Waals surface area contributed by atoms with Gasteiger partial charge in [0.05, 0.1) is 20.5 Å². The molecule has 0 bridgehead atoms. The molecule has 3 aromatic rings. The van der Waals surface area contributed by atoms with Gasteiger partial charge in [0.1, 0.15) is 0 Å². The standard InChI is InChI=1S/C15H10ClIN2OS2/c1-8-3-2-4-9(13(8)17)14(20)19-15-18-10(7-21-15)11-5-6-12(16)22-11/h2-7H,1H3,(H,18,19,20). The molecule has 0 saturated heterocycles. The van der Waals surface area contributed by atoms with Gasteiger partial charge in [0.2, 0.25) is 0 Å². The maximum atomic E-state index is 12.4. The quantitative estimate of drug-likeness (QED) is 0.510. The Balaban J connectivity index is 1.80. The van der Waals surface area contributed by atoms with E-state index in [-0.39, 0.29) is 5.91 Å². The third-order valence-corrected chi connectivity index (χ3v) is 6.43. The fourth-order valence-corrected chi connectivity index (χ4v) is 4.27. The predicted octanol–water partition coefficient (Wildman–Crippen LogP) is 5.69. The summed E-state index contributed by atoms with van der Waals surface area (Å²) in [6.07, 6.45) is 0. The van der Waals surface area contributed by atoms with Crippen LogP contribution in [0.2, 0.25) is 4.34 Å². The first kappa shape index (κ1) is 15.9. The van der Waals surface area contributed by atoms with Crippen molar-refractivity contribution in [1.29, 1.82) is 0 Å². The minimum atomic E-state index is -0.141. The Hall–Kier alpha value is -0.960. The van der Waals surface area contributed by atoms with Gasteiger partial charge in [-0.25, -0.2) is 4.98 Å². The van der Waals surface area contributed by atoms with E-state index >= 15 is 0 Å². The molecule has 0 fully saturated rings. The highest BCUT2D eigenvalue weighted by Gasteiger charge is 2.14. The van der Waals surface area contributed by atoms with Crippen LogP contribution in [0.15, 0.2) is 35.7 Å². The summed E-state index contributed by atoms with van der Waals surface area (Å²) < 4.78 is 1.68. The van der Waals surface area contributed by atoms with Crippen LogP contribution in [-0.2, 0) is 0 Å². The Morgan fingerprint density at radius 2 is 2.14 bits per heavy atom. The van der Waals surface area contributed by atoms with Gasteiger partial charge >= 0.3 is 0 Å². The highest BCUT2D eigenvalue weighted by molar-refractivity contribution is 14.1. The summed E-state index contributed by atoms with van der Waals surface area (Å²) in [5, 5.41) is 5.36. The number of hydrogen-bond acceptors (Lipinski definition) is 4. The molecule has 1 aromatic carbocycles. The van der Waals surface area contributed by atoms with Crippen molar-refractivity contribution in [1.82, 2.24) is 4.98 Å². The molecule has 0 saturated carbocycles. The topological polar surface area (TPSA) is 42.0 Å². The molecule has 22 heavy (non-hydrogen) atoms. The Morgan fingerprint density at radius 1 is 1.32 bits per heavy atom. The van der Waals surface area contributed by atoms with E-state index in [1.165, 1.54) is 22.7 Å². The number of anilines is 1. The molecular weight excluding hydrogens is 451 g/mol. The van der Waals surface area contributed by atoms with Crippen molar-refractivity contribution in [3.63, 3.8) is 0 Å². The van der Waals surface area contributed by atoms with Crippen molar-refractivity contribution in [2.75, 3.05) is 5.32 Å². The molecule has 3 rings (SSSR count). The van der Waals surface area contributed by atoms with Crippen molar-refractivity contribution >= 4 is 67.9 Å². The minimum Gasteiger partial charge on any atom is -0.298 e. The van der Waals surface area contributed by atoms with Crippen LogP contribution >= 0.6 is 56.9 Å². The molecule has 1 N–H and O–H groups in total. The molecule has 3 nitrogen and oxygen atoms in total. The summed E-state index contributed by atoms with van der Waals surface area (Å²) in [7, 11) is 0. The second-order valence-electron chi connectivity index (χ2n) is 4.53. The number of carbonyl (C=O) groups excluding carboxylic acids is 1. The second-order valence-corrected chi connectivity index (χ2v) is 8.18. The molecule has 1 amide bonds. The number of rotatable bonds is 3. The van der Waals surface area contributed by atoms with Gasteiger partial charge < -0.3 is 0 Å². The smallest absolute Gasteiger partial charge is 0.258 e. The zero-order valence-electron chi connectivity index (χ0n) is 11.4. The zero-order chi connectivity index (χ0) is 15.7. The third kappa shape index (κ3) is 3.34. The third-order valence-electron chi connectivity index (χ3n) is 2.99. The molecule has 0 aliphatic carbocycles. The molecule has 2 heterocycles. The molecule has 0 atom stereocenters. The van der Waals surface area contributed by atoms with Crippen LogP contribution in [-0.4, -0.2) is 10.9 Å². The van der Waals surface area contributed by atoms with Gasteiger partial charge in [-0.05, 0) is 53.3 Å². The lowest BCUT2D eigenvalue weighted by atomic mass is 10.1. The van der Waals surface area contributed by atoms with Crippen molar-refractivity contribution in [3.8, 4) is 10.6 Å². The lowest BCUT2D eigenvalue weighted by Crippen LogP contribution is -2.13. The molecular formula is C15H10ClIN2OS2. The molecule has 0 aliphatic heterocycles. The maximum Gasteiger partial charge on any atom is 0.258 e. The Morgan fingerprint density at radius 3 is 2.86 bits per heavy atom. The number of aromatic nitrogens is 1. The summed E-state index contributed by atoms with van der Waals surface area (Å²) in [5.41, 5.74) is 2.58. The number of halogens is 2. The fraction of sp³-hybridized carbons (Fsp3) is 0.0667. The van der Waals surface area contributed by atoms with E-state index in [9.17, 15) is 4.79 Å². The van der Waals surface area contributed by atoms with E-state index < -0.39 is 0 Å². The van der Waals surface area contributed by atoms with Gasteiger partial charge in [-0.15, -0.1) is 22.7 Å². The van der Waals surface area contributed by atoms with Gasteiger partial charge in [0, 0.05) is 8.95 Å². The Bertz CT molecular complexity index is 844. The van der Waals surface area contributed by atoms with Crippen LogP contribution in [0.1, 0.15) is 15.9 Å². The lowest BCUT2D eigenvalue weighted by molar-refractivity contribution is 0.102. The first-order chi connectivity index (χ1) is 10.5. The summed E-state index contributed by atoms with van der Waals surface area (Å²) in [6.45, 7) is 1.99. The second kappa shape index (κ2) is 6.66. The van der Waals surface area contributed by atoms with E-state index in [0.29, 0.717) is 10.7 Å². The highest BCUT2D eigenvalue weighted by atomic mass is 127. The Kier molecular flexibility index (Phi) is 4.82. The normalized spacial score (nSPS) is 10.7. The molecule has 7 heteroatoms. The van der Waals surface area contributed by atoms with Crippen LogP contribution in [0.5, 0.6) is 0 Å². The SMILES string of the molecule is Cc1cccc(C(=O)Nc2nc(-c3ccc(Cl)s3)cs2)c1I. The van der Waals surface area contributed by atoms with Crippen LogP contribution in [0.4, 0.5) is 5.13 Å². The number of thiophene rings is 1. The monoisotopic (exact) mass is 460 g/mol. The van der Waals surface area contributed by atoms with Crippen LogP contribution < -0.4 is 5.32 Å². The molecule has 0 spiro atoms. The van der Waals surface area contributed by atoms with Gasteiger partial charge in [0.15, 0.2) is 5.13 Å². The summed E-state index contributed by atoms with van der Waals surface area (Å²) >= 11 is 11.0. The van der Waals surface area contributed by atoms with E-state index in [4.69, 9.17) is 11.6 Å². The number of hydrogen-bond donors (Lipinski definition) is 1. The van der Waals surface area contributed by atoms with Crippen molar-refractivity contribution < 1.29 is 4.79 Å². The van der Waals surface area contributed by atoms with E-state index in [2.05, 4.69) is 32.9 Å². The number of aryl methyl sites for hydroxylation is 1. The minimum absolute atomic E-state index is 0.141. The number of amides is 1. The number of nitrogens with zero attached hydrogens (tertiary/aromatic N) is 1. The van der Waals surface area contributed by atoms with Gasteiger partial charge in [0.25, 0.3) is 5.91 Å². The van der Waals surface area contributed by atoms with E-state index in [0.717, 1.165) is 24.0 Å². The Labute approximate surface area is 154 Å². The van der Waals surface area contributed by atoms with Crippen molar-refractivity contribution in [2.24, 2.45) is 0 Å². The predicted molar refractivity (Wildman–Crippen MR) is 102 cm³/mol.